The molecule has 0 aromatic heterocycles. The lowest BCUT2D eigenvalue weighted by Gasteiger charge is -2.25. The van der Waals surface area contributed by atoms with Gasteiger partial charge in [0, 0.05) is 0 Å². The van der Waals surface area contributed by atoms with Crippen LogP contribution in [0.5, 0.6) is 0 Å². The molecule has 3 nitrogen and oxygen atoms in total. The second kappa shape index (κ2) is 5.96. The summed E-state index contributed by atoms with van der Waals surface area (Å²) in [5, 5.41) is 0. The molecule has 4 heteroatoms. The molecule has 1 aliphatic rings. The SMILES string of the molecule is CCOC(=O)C(c1ccc(F)cc1)N1CCCC1. The van der Waals surface area contributed by atoms with Gasteiger partial charge in [0.05, 0.1) is 6.61 Å². The summed E-state index contributed by atoms with van der Waals surface area (Å²) in [5.74, 6) is -0.534. The van der Waals surface area contributed by atoms with E-state index in [1.54, 1.807) is 19.1 Å². The zero-order chi connectivity index (χ0) is 13.0. The molecule has 1 saturated heterocycles. The first kappa shape index (κ1) is 13.0. The molecule has 1 aromatic rings. The van der Waals surface area contributed by atoms with Crippen molar-refractivity contribution in [2.75, 3.05) is 19.7 Å². The summed E-state index contributed by atoms with van der Waals surface area (Å²) in [6, 6.07) is 5.70. The van der Waals surface area contributed by atoms with E-state index < -0.39 is 6.04 Å². The van der Waals surface area contributed by atoms with Crippen LogP contribution >= 0.6 is 0 Å². The molecule has 1 heterocycles. The summed E-state index contributed by atoms with van der Waals surface area (Å²) in [6.07, 6.45) is 2.19. The minimum atomic E-state index is -0.395. The number of nitrogens with zero attached hydrogens (tertiary/aromatic N) is 1. The largest absolute Gasteiger partial charge is 0.465 e. The number of benzene rings is 1. The lowest BCUT2D eigenvalue weighted by atomic mass is 10.1. The van der Waals surface area contributed by atoms with Gasteiger partial charge >= 0.3 is 5.97 Å². The molecular weight excluding hydrogens is 233 g/mol. The van der Waals surface area contributed by atoms with Gasteiger partial charge in [0.15, 0.2) is 0 Å². The fourth-order valence-corrected chi connectivity index (χ4v) is 2.36. The average Bonchev–Trinajstić information content (AvgIpc) is 2.86. The van der Waals surface area contributed by atoms with Crippen LogP contribution in [0.1, 0.15) is 31.4 Å². The monoisotopic (exact) mass is 251 g/mol. The zero-order valence-electron chi connectivity index (χ0n) is 10.6. The van der Waals surface area contributed by atoms with E-state index in [4.69, 9.17) is 4.74 Å². The molecule has 98 valence electrons. The molecule has 18 heavy (non-hydrogen) atoms. The summed E-state index contributed by atoms with van der Waals surface area (Å²) in [7, 11) is 0. The van der Waals surface area contributed by atoms with Crippen LogP contribution in [-0.2, 0) is 9.53 Å². The Bertz CT molecular complexity index is 399. The van der Waals surface area contributed by atoms with Gasteiger partial charge in [0.2, 0.25) is 0 Å². The fourth-order valence-electron chi connectivity index (χ4n) is 2.36. The van der Waals surface area contributed by atoms with Crippen LogP contribution in [0.15, 0.2) is 24.3 Å². The molecular formula is C14H18FNO2. The third-order valence-corrected chi connectivity index (χ3v) is 3.20. The standard InChI is InChI=1S/C14H18FNO2/c1-2-18-14(17)13(16-9-3-4-10-16)11-5-7-12(15)8-6-11/h5-8,13H,2-4,9-10H2,1H3. The van der Waals surface area contributed by atoms with Gasteiger partial charge in [-0.1, -0.05) is 12.1 Å². The smallest absolute Gasteiger partial charge is 0.327 e. The maximum atomic E-state index is 12.9. The minimum Gasteiger partial charge on any atom is -0.465 e. The van der Waals surface area contributed by atoms with E-state index >= 15 is 0 Å². The molecule has 0 spiro atoms. The van der Waals surface area contributed by atoms with Crippen molar-refractivity contribution in [3.63, 3.8) is 0 Å². The van der Waals surface area contributed by atoms with Gasteiger partial charge in [-0.2, -0.15) is 0 Å². The van der Waals surface area contributed by atoms with Crippen LogP contribution < -0.4 is 0 Å². The topological polar surface area (TPSA) is 29.5 Å². The second-order valence-corrected chi connectivity index (χ2v) is 4.45. The lowest BCUT2D eigenvalue weighted by Crippen LogP contribution is -2.33. The van der Waals surface area contributed by atoms with Crippen molar-refractivity contribution in [3.8, 4) is 0 Å². The van der Waals surface area contributed by atoms with Crippen molar-refractivity contribution in [3.05, 3.63) is 35.6 Å². The van der Waals surface area contributed by atoms with E-state index in [2.05, 4.69) is 4.90 Å². The number of ether oxygens (including phenoxy) is 1. The second-order valence-electron chi connectivity index (χ2n) is 4.45. The molecule has 1 aliphatic heterocycles. The highest BCUT2D eigenvalue weighted by molar-refractivity contribution is 5.77. The van der Waals surface area contributed by atoms with Crippen LogP contribution in [0.2, 0.25) is 0 Å². The van der Waals surface area contributed by atoms with Crippen LogP contribution in [0.25, 0.3) is 0 Å². The van der Waals surface area contributed by atoms with Gasteiger partial charge in [0.1, 0.15) is 11.9 Å². The van der Waals surface area contributed by atoms with Crippen LogP contribution in [-0.4, -0.2) is 30.6 Å². The minimum absolute atomic E-state index is 0.244. The first-order valence-electron chi connectivity index (χ1n) is 6.38. The van der Waals surface area contributed by atoms with E-state index in [9.17, 15) is 9.18 Å². The highest BCUT2D eigenvalue weighted by Gasteiger charge is 2.30. The van der Waals surface area contributed by atoms with E-state index in [0.717, 1.165) is 31.5 Å². The molecule has 1 atom stereocenters. The molecule has 1 fully saturated rings. The van der Waals surface area contributed by atoms with Crippen molar-refractivity contribution in [2.45, 2.75) is 25.8 Å². The highest BCUT2D eigenvalue weighted by atomic mass is 19.1. The summed E-state index contributed by atoms with van der Waals surface area (Å²) in [6.45, 7) is 3.94. The molecule has 1 unspecified atom stereocenters. The number of hydrogen-bond donors (Lipinski definition) is 0. The molecule has 2 rings (SSSR count). The Balaban J connectivity index is 2.22. The van der Waals surface area contributed by atoms with Crippen molar-refractivity contribution < 1.29 is 13.9 Å². The Morgan fingerprint density at radius 3 is 2.50 bits per heavy atom. The van der Waals surface area contributed by atoms with Gasteiger partial charge < -0.3 is 4.74 Å². The molecule has 0 bridgehead atoms. The lowest BCUT2D eigenvalue weighted by molar-refractivity contribution is -0.149. The quantitative estimate of drug-likeness (QED) is 0.770. The number of rotatable bonds is 4. The fraction of sp³-hybridized carbons (Fsp3) is 0.500. The Morgan fingerprint density at radius 1 is 1.33 bits per heavy atom. The average molecular weight is 251 g/mol. The molecule has 0 aliphatic carbocycles. The Hall–Kier alpha value is -1.42. The molecule has 0 saturated carbocycles. The third kappa shape index (κ3) is 2.88. The van der Waals surface area contributed by atoms with Crippen molar-refractivity contribution in [1.29, 1.82) is 0 Å². The van der Waals surface area contributed by atoms with Crippen LogP contribution in [0.4, 0.5) is 4.39 Å². The number of likely N-dealkylation sites (tertiary alicyclic amines) is 1. The molecule has 0 amide bonds. The maximum absolute atomic E-state index is 12.9. The first-order valence-corrected chi connectivity index (χ1v) is 6.38. The Morgan fingerprint density at radius 2 is 1.94 bits per heavy atom. The van der Waals surface area contributed by atoms with Crippen molar-refractivity contribution in [2.24, 2.45) is 0 Å². The summed E-state index contributed by atoms with van der Waals surface area (Å²) in [4.78, 5) is 14.2. The zero-order valence-corrected chi connectivity index (χ0v) is 10.6. The summed E-state index contributed by atoms with van der Waals surface area (Å²) >= 11 is 0. The summed E-state index contributed by atoms with van der Waals surface area (Å²) < 4.78 is 18.1. The van der Waals surface area contributed by atoms with E-state index in [-0.39, 0.29) is 11.8 Å². The number of hydrogen-bond acceptors (Lipinski definition) is 3. The highest BCUT2D eigenvalue weighted by Crippen LogP contribution is 2.26. The van der Waals surface area contributed by atoms with E-state index in [1.807, 2.05) is 0 Å². The molecule has 0 N–H and O–H groups in total. The van der Waals surface area contributed by atoms with E-state index in [0.29, 0.717) is 6.61 Å². The summed E-state index contributed by atoms with van der Waals surface area (Å²) in [5.41, 5.74) is 0.803. The van der Waals surface area contributed by atoms with Crippen molar-refractivity contribution >= 4 is 5.97 Å². The van der Waals surface area contributed by atoms with Gasteiger partial charge in [-0.3, -0.25) is 4.90 Å². The van der Waals surface area contributed by atoms with Gasteiger partial charge in [-0.25, -0.2) is 9.18 Å². The molecule has 1 aromatic carbocycles. The normalized spacial score (nSPS) is 17.7. The van der Waals surface area contributed by atoms with Gasteiger partial charge in [-0.15, -0.1) is 0 Å². The Labute approximate surface area is 107 Å². The predicted octanol–water partition coefficient (Wildman–Crippen LogP) is 2.53. The number of carbonyl (C=O) groups is 1. The molecule has 0 radical (unpaired) electrons. The number of esters is 1. The van der Waals surface area contributed by atoms with Gasteiger partial charge in [0.25, 0.3) is 0 Å². The maximum Gasteiger partial charge on any atom is 0.327 e. The number of halogens is 1. The third-order valence-electron chi connectivity index (χ3n) is 3.20. The van der Waals surface area contributed by atoms with Crippen LogP contribution in [0, 0.1) is 5.82 Å². The van der Waals surface area contributed by atoms with E-state index in [1.165, 1.54) is 12.1 Å². The first-order chi connectivity index (χ1) is 8.72. The number of carbonyl (C=O) groups excluding carboxylic acids is 1. The van der Waals surface area contributed by atoms with Crippen molar-refractivity contribution in [1.82, 2.24) is 4.90 Å². The van der Waals surface area contributed by atoms with Crippen LogP contribution in [0.3, 0.4) is 0 Å². The van der Waals surface area contributed by atoms with Gasteiger partial charge in [-0.05, 0) is 50.6 Å². The predicted molar refractivity (Wildman–Crippen MR) is 66.6 cm³/mol. The Kier molecular flexibility index (Phi) is 4.31.